The van der Waals surface area contributed by atoms with Crippen LogP contribution in [0.2, 0.25) is 0 Å². The van der Waals surface area contributed by atoms with Crippen molar-refractivity contribution in [3.05, 3.63) is 54.1 Å². The Morgan fingerprint density at radius 1 is 1.04 bits per heavy atom. The van der Waals surface area contributed by atoms with Gasteiger partial charge in [-0.1, -0.05) is 18.2 Å². The normalized spacial score (nSPS) is 19.5. The third-order valence-corrected chi connectivity index (χ3v) is 5.04. The highest BCUT2D eigenvalue weighted by Crippen LogP contribution is 2.33. The van der Waals surface area contributed by atoms with Crippen molar-refractivity contribution in [1.82, 2.24) is 0 Å². The number of hydrogen-bond acceptors (Lipinski definition) is 3. The maximum atomic E-state index is 12.7. The molecular weight excluding hydrogens is 328 g/mol. The second-order valence-corrected chi connectivity index (χ2v) is 6.93. The molecule has 1 heterocycles. The molecule has 2 amide bonds. The summed E-state index contributed by atoms with van der Waals surface area (Å²) < 4.78 is 5.95. The van der Waals surface area contributed by atoms with Crippen LogP contribution in [-0.2, 0) is 9.59 Å². The minimum absolute atomic E-state index is 0.135. The summed E-state index contributed by atoms with van der Waals surface area (Å²) in [5.41, 5.74) is 2.27. The average Bonchev–Trinajstić information content (AvgIpc) is 3.15. The molecule has 0 saturated heterocycles. The first kappa shape index (κ1) is 16.6. The number of carbonyl (C=O) groups excluding carboxylic acids is 2. The zero-order chi connectivity index (χ0) is 17.9. The van der Waals surface area contributed by atoms with Crippen LogP contribution >= 0.6 is 0 Å². The number of amides is 2. The van der Waals surface area contributed by atoms with Crippen LogP contribution in [0.3, 0.4) is 0 Å². The van der Waals surface area contributed by atoms with Gasteiger partial charge in [0.25, 0.3) is 0 Å². The molecule has 2 N–H and O–H groups in total. The van der Waals surface area contributed by atoms with E-state index in [2.05, 4.69) is 10.6 Å². The largest absolute Gasteiger partial charge is 0.490 e. The van der Waals surface area contributed by atoms with Gasteiger partial charge in [-0.2, -0.15) is 0 Å². The third-order valence-electron chi connectivity index (χ3n) is 5.04. The highest BCUT2D eigenvalue weighted by molar-refractivity contribution is 6.05. The van der Waals surface area contributed by atoms with Crippen molar-refractivity contribution >= 4 is 23.2 Å². The second kappa shape index (κ2) is 7.20. The Bertz CT molecular complexity index is 810. The molecule has 0 radical (unpaired) electrons. The maximum absolute atomic E-state index is 12.7. The Morgan fingerprint density at radius 2 is 1.77 bits per heavy atom. The predicted molar refractivity (Wildman–Crippen MR) is 100 cm³/mol. The fraction of sp³-hybridized carbons (Fsp3) is 0.333. The zero-order valence-electron chi connectivity index (χ0n) is 14.5. The lowest BCUT2D eigenvalue weighted by Gasteiger charge is -2.24. The second-order valence-electron chi connectivity index (χ2n) is 6.93. The lowest BCUT2D eigenvalue weighted by atomic mass is 9.90. The first-order valence-electron chi connectivity index (χ1n) is 9.15. The van der Waals surface area contributed by atoms with E-state index in [4.69, 9.17) is 4.74 Å². The number of para-hydroxylation sites is 1. The van der Waals surface area contributed by atoms with Gasteiger partial charge in [0, 0.05) is 17.8 Å². The van der Waals surface area contributed by atoms with Gasteiger partial charge in [-0.25, -0.2) is 0 Å². The number of ether oxygens (including phenoxy) is 1. The molecule has 134 valence electrons. The van der Waals surface area contributed by atoms with Gasteiger partial charge >= 0.3 is 0 Å². The molecule has 2 aromatic carbocycles. The fourth-order valence-corrected chi connectivity index (χ4v) is 3.69. The summed E-state index contributed by atoms with van der Waals surface area (Å²) in [7, 11) is 0. The molecule has 0 aromatic heterocycles. The molecule has 2 aliphatic rings. The van der Waals surface area contributed by atoms with Crippen LogP contribution in [0.15, 0.2) is 48.5 Å². The standard InChI is InChI=1S/C21H22N2O3/c24-20-13-18(17-7-3-4-8-19(17)23-20)21(25)22-14-9-11-16(12-10-14)26-15-5-1-2-6-15/h3-4,7-12,15,18H,1-2,5-6,13H2,(H,22,25)(H,23,24). The maximum Gasteiger partial charge on any atom is 0.232 e. The number of carbonyl (C=O) groups is 2. The van der Waals surface area contributed by atoms with Gasteiger partial charge in [-0.3, -0.25) is 9.59 Å². The number of nitrogens with one attached hydrogen (secondary N) is 2. The van der Waals surface area contributed by atoms with E-state index in [-0.39, 0.29) is 18.2 Å². The molecule has 1 aliphatic heterocycles. The molecule has 4 rings (SSSR count). The molecule has 5 nitrogen and oxygen atoms in total. The monoisotopic (exact) mass is 350 g/mol. The molecule has 1 atom stereocenters. The molecule has 26 heavy (non-hydrogen) atoms. The summed E-state index contributed by atoms with van der Waals surface area (Å²) in [6, 6.07) is 14.9. The highest BCUT2D eigenvalue weighted by Gasteiger charge is 2.30. The van der Waals surface area contributed by atoms with Gasteiger partial charge in [0.15, 0.2) is 0 Å². The van der Waals surface area contributed by atoms with E-state index in [9.17, 15) is 9.59 Å². The van der Waals surface area contributed by atoms with Gasteiger partial charge in [-0.15, -0.1) is 0 Å². The Kier molecular flexibility index (Phi) is 4.61. The number of rotatable bonds is 4. The van der Waals surface area contributed by atoms with Gasteiger partial charge in [0.05, 0.1) is 12.0 Å². The van der Waals surface area contributed by atoms with E-state index in [1.807, 2.05) is 48.5 Å². The Hall–Kier alpha value is -2.82. The first-order chi connectivity index (χ1) is 12.7. The molecule has 1 saturated carbocycles. The lowest BCUT2D eigenvalue weighted by molar-refractivity contribution is -0.123. The summed E-state index contributed by atoms with van der Waals surface area (Å²) in [5, 5.41) is 5.73. The van der Waals surface area contributed by atoms with E-state index in [1.165, 1.54) is 12.8 Å². The van der Waals surface area contributed by atoms with E-state index >= 15 is 0 Å². The van der Waals surface area contributed by atoms with Crippen LogP contribution in [0, 0.1) is 0 Å². The highest BCUT2D eigenvalue weighted by atomic mass is 16.5. The van der Waals surface area contributed by atoms with Gasteiger partial charge in [0.1, 0.15) is 5.75 Å². The Labute approximate surface area is 152 Å². The van der Waals surface area contributed by atoms with Crippen molar-refractivity contribution in [3.63, 3.8) is 0 Å². The predicted octanol–water partition coefficient (Wildman–Crippen LogP) is 4.07. The molecular formula is C21H22N2O3. The van der Waals surface area contributed by atoms with E-state index in [0.717, 1.165) is 24.2 Å². The minimum atomic E-state index is -0.477. The van der Waals surface area contributed by atoms with Crippen molar-refractivity contribution in [2.45, 2.75) is 44.1 Å². The molecule has 5 heteroatoms. The number of fused-ring (bicyclic) bond motifs is 1. The molecule has 1 fully saturated rings. The first-order valence-corrected chi connectivity index (χ1v) is 9.15. The number of hydrogen-bond donors (Lipinski definition) is 2. The zero-order valence-corrected chi connectivity index (χ0v) is 14.5. The van der Waals surface area contributed by atoms with Crippen molar-refractivity contribution in [2.75, 3.05) is 10.6 Å². The Balaban J connectivity index is 1.44. The SMILES string of the molecule is O=C1CC(C(=O)Nc2ccc(OC3CCCC3)cc2)c2ccccc2N1. The topological polar surface area (TPSA) is 67.4 Å². The number of benzene rings is 2. The average molecular weight is 350 g/mol. The van der Waals surface area contributed by atoms with Crippen LogP contribution in [0.1, 0.15) is 43.6 Å². The van der Waals surface area contributed by atoms with E-state index < -0.39 is 5.92 Å². The van der Waals surface area contributed by atoms with Crippen LogP contribution < -0.4 is 15.4 Å². The van der Waals surface area contributed by atoms with Crippen molar-refractivity contribution in [2.24, 2.45) is 0 Å². The van der Waals surface area contributed by atoms with E-state index in [0.29, 0.717) is 17.5 Å². The van der Waals surface area contributed by atoms with Crippen LogP contribution in [-0.4, -0.2) is 17.9 Å². The quantitative estimate of drug-likeness (QED) is 0.873. The minimum Gasteiger partial charge on any atom is -0.490 e. The van der Waals surface area contributed by atoms with Crippen molar-refractivity contribution in [3.8, 4) is 5.75 Å². The van der Waals surface area contributed by atoms with Crippen molar-refractivity contribution < 1.29 is 14.3 Å². The van der Waals surface area contributed by atoms with E-state index in [1.54, 1.807) is 0 Å². The third kappa shape index (κ3) is 3.57. The van der Waals surface area contributed by atoms with Crippen LogP contribution in [0.25, 0.3) is 0 Å². The summed E-state index contributed by atoms with van der Waals surface area (Å²) in [6.07, 6.45) is 5.16. The fourth-order valence-electron chi connectivity index (χ4n) is 3.69. The number of anilines is 2. The smallest absolute Gasteiger partial charge is 0.232 e. The summed E-state index contributed by atoms with van der Waals surface area (Å²) in [5.74, 6) is 0.0487. The molecule has 0 spiro atoms. The summed E-state index contributed by atoms with van der Waals surface area (Å²) in [4.78, 5) is 24.6. The van der Waals surface area contributed by atoms with Crippen LogP contribution in [0.4, 0.5) is 11.4 Å². The summed E-state index contributed by atoms with van der Waals surface area (Å²) in [6.45, 7) is 0. The Morgan fingerprint density at radius 3 is 2.54 bits per heavy atom. The molecule has 1 unspecified atom stereocenters. The lowest BCUT2D eigenvalue weighted by Crippen LogP contribution is -2.30. The van der Waals surface area contributed by atoms with Crippen molar-refractivity contribution in [1.29, 1.82) is 0 Å². The molecule has 0 bridgehead atoms. The van der Waals surface area contributed by atoms with Gasteiger partial charge < -0.3 is 15.4 Å². The van der Waals surface area contributed by atoms with Gasteiger partial charge in [-0.05, 0) is 61.6 Å². The molecule has 1 aliphatic carbocycles. The van der Waals surface area contributed by atoms with Crippen LogP contribution in [0.5, 0.6) is 5.75 Å². The van der Waals surface area contributed by atoms with Gasteiger partial charge in [0.2, 0.25) is 11.8 Å². The molecule has 2 aromatic rings. The summed E-state index contributed by atoms with van der Waals surface area (Å²) >= 11 is 0.